The molecule has 1 aromatic rings. The molecular formula is C44H57NO9. The second-order valence-electron chi connectivity index (χ2n) is 16.6. The highest BCUT2D eigenvalue weighted by Gasteiger charge is 2.81. The monoisotopic (exact) mass is 743 g/mol. The molecular weight excluding hydrogens is 686 g/mol. The van der Waals surface area contributed by atoms with Crippen molar-refractivity contribution >= 4 is 17.5 Å². The predicted octanol–water partition coefficient (Wildman–Crippen LogP) is 7.06. The Morgan fingerprint density at radius 2 is 1.63 bits per heavy atom. The van der Waals surface area contributed by atoms with Gasteiger partial charge in [0, 0.05) is 60.2 Å². The van der Waals surface area contributed by atoms with Gasteiger partial charge in [-0.1, -0.05) is 47.1 Å². The van der Waals surface area contributed by atoms with Gasteiger partial charge in [0.2, 0.25) is 0 Å². The van der Waals surface area contributed by atoms with Gasteiger partial charge in [-0.15, -0.1) is 0 Å². The van der Waals surface area contributed by atoms with Crippen molar-refractivity contribution in [3.8, 4) is 17.2 Å². The van der Waals surface area contributed by atoms with E-state index in [1.165, 1.54) is 5.57 Å². The molecule has 10 nitrogen and oxygen atoms in total. The van der Waals surface area contributed by atoms with Crippen molar-refractivity contribution in [1.82, 2.24) is 4.90 Å². The fourth-order valence-corrected chi connectivity index (χ4v) is 9.00. The number of ether oxygens (including phenoxy) is 4. The first kappa shape index (κ1) is 39.7. The van der Waals surface area contributed by atoms with Crippen molar-refractivity contribution in [2.24, 2.45) is 11.8 Å². The number of Topliss-reactive ketones (excluding diaryl/α,β-unsaturated/α-hetero) is 2. The number of phenolic OH excluding ortho intramolecular Hbond substituents is 2. The highest BCUT2D eigenvalue weighted by molar-refractivity contribution is 6.18. The third kappa shape index (κ3) is 6.90. The quantitative estimate of drug-likeness (QED) is 0.123. The van der Waals surface area contributed by atoms with Gasteiger partial charge in [-0.05, 0) is 87.5 Å². The molecule has 2 saturated heterocycles. The Balaban J connectivity index is 1.39. The van der Waals surface area contributed by atoms with Gasteiger partial charge < -0.3 is 29.2 Å². The van der Waals surface area contributed by atoms with Crippen LogP contribution >= 0.6 is 0 Å². The molecule has 7 rings (SSSR count). The summed E-state index contributed by atoms with van der Waals surface area (Å²) in [5.74, 6) is -2.53. The maximum Gasteiger partial charge on any atom is 0.333 e. The number of esters is 1. The third-order valence-electron chi connectivity index (χ3n) is 11.9. The molecule has 3 fully saturated rings. The van der Waals surface area contributed by atoms with Crippen LogP contribution in [-0.4, -0.2) is 88.9 Å². The molecule has 0 radical (unpaired) electrons. The fourth-order valence-electron chi connectivity index (χ4n) is 9.00. The van der Waals surface area contributed by atoms with Crippen LogP contribution in [0.1, 0.15) is 103 Å². The second-order valence-corrected chi connectivity index (χ2v) is 16.6. The summed E-state index contributed by atoms with van der Waals surface area (Å²) in [5, 5.41) is 23.8. The van der Waals surface area contributed by atoms with Gasteiger partial charge >= 0.3 is 5.97 Å². The lowest BCUT2D eigenvalue weighted by molar-refractivity contribution is -0.171. The van der Waals surface area contributed by atoms with E-state index in [9.17, 15) is 24.6 Å². The van der Waals surface area contributed by atoms with Crippen LogP contribution in [0.3, 0.4) is 0 Å². The number of hydrogen-bond donors (Lipinski definition) is 2. The molecule has 54 heavy (non-hydrogen) atoms. The van der Waals surface area contributed by atoms with E-state index >= 15 is 0 Å². The summed E-state index contributed by atoms with van der Waals surface area (Å²) in [7, 11) is 0. The molecule has 3 heterocycles. The summed E-state index contributed by atoms with van der Waals surface area (Å²) in [5.41, 5.74) is 0.508. The Hall–Kier alpha value is -3.99. The minimum atomic E-state index is -1.64. The molecule has 1 aromatic carbocycles. The predicted molar refractivity (Wildman–Crippen MR) is 206 cm³/mol. The molecule has 0 amide bonds. The molecule has 4 atom stereocenters. The molecule has 292 valence electrons. The summed E-state index contributed by atoms with van der Waals surface area (Å²) in [6.07, 6.45) is 12.0. The first-order valence-electron chi connectivity index (χ1n) is 19.4. The number of ketones is 2. The van der Waals surface area contributed by atoms with E-state index in [0.717, 1.165) is 37.1 Å². The Labute approximate surface area is 319 Å². The largest absolute Gasteiger partial charge is 0.507 e. The Morgan fingerprint density at radius 1 is 0.944 bits per heavy atom. The molecule has 3 aliphatic carbocycles. The van der Waals surface area contributed by atoms with Gasteiger partial charge in [0.25, 0.3) is 0 Å². The Kier molecular flexibility index (Phi) is 11.2. The number of carbonyl (C=O) groups is 3. The number of rotatable bonds is 13. The fraction of sp³-hybridized carbons (Fsp3) is 0.568. The number of morpholine rings is 1. The number of aromatic hydroxyl groups is 2. The van der Waals surface area contributed by atoms with Gasteiger partial charge in [-0.25, -0.2) is 4.79 Å². The summed E-state index contributed by atoms with van der Waals surface area (Å²) in [6.45, 7) is 19.2. The van der Waals surface area contributed by atoms with Gasteiger partial charge in [-0.3, -0.25) is 14.5 Å². The molecule has 3 aliphatic heterocycles. The first-order chi connectivity index (χ1) is 25.5. The summed E-state index contributed by atoms with van der Waals surface area (Å²) >= 11 is 0. The van der Waals surface area contributed by atoms with Crippen molar-refractivity contribution in [2.45, 2.75) is 111 Å². The topological polar surface area (TPSA) is 132 Å². The zero-order chi connectivity index (χ0) is 39.2. The smallest absolute Gasteiger partial charge is 0.333 e. The SMILES string of the molecule is CC(C)=CCC/C(C)=C/Cc1c(O)c(CC=C(C)C)c2c(c1O)C(=O)C1=CC3CC4C(C)(C)OC(C/C=C(\C)C(=O)OCCN5CCOCC5)(C3=O)C14O2. The minimum Gasteiger partial charge on any atom is -0.507 e. The van der Waals surface area contributed by atoms with Crippen molar-refractivity contribution < 1.29 is 43.5 Å². The summed E-state index contributed by atoms with van der Waals surface area (Å²) < 4.78 is 24.9. The summed E-state index contributed by atoms with van der Waals surface area (Å²) in [4.78, 5) is 44.8. The van der Waals surface area contributed by atoms with Crippen molar-refractivity contribution in [3.63, 3.8) is 0 Å². The average molecular weight is 744 g/mol. The van der Waals surface area contributed by atoms with Crippen LogP contribution in [0.25, 0.3) is 0 Å². The lowest BCUT2D eigenvalue weighted by atomic mass is 9.51. The first-order valence-corrected chi connectivity index (χ1v) is 19.4. The number of allylic oxidation sites excluding steroid dienone is 7. The maximum absolute atomic E-state index is 14.9. The van der Waals surface area contributed by atoms with E-state index in [2.05, 4.69) is 24.8 Å². The number of carbonyl (C=O) groups excluding carboxylic acids is 3. The lowest BCUT2D eigenvalue weighted by Gasteiger charge is -2.56. The van der Waals surface area contributed by atoms with Crippen LogP contribution in [0.5, 0.6) is 17.2 Å². The van der Waals surface area contributed by atoms with Gasteiger partial charge in [0.1, 0.15) is 29.4 Å². The van der Waals surface area contributed by atoms with Crippen LogP contribution in [0, 0.1) is 11.8 Å². The molecule has 1 saturated carbocycles. The van der Waals surface area contributed by atoms with Crippen LogP contribution in [0.4, 0.5) is 0 Å². The van der Waals surface area contributed by atoms with E-state index < -0.39 is 40.4 Å². The van der Waals surface area contributed by atoms with Crippen molar-refractivity contribution in [1.29, 1.82) is 0 Å². The van der Waals surface area contributed by atoms with E-state index in [-0.39, 0.29) is 65.6 Å². The van der Waals surface area contributed by atoms with Crippen LogP contribution in [-0.2, 0) is 36.6 Å². The van der Waals surface area contributed by atoms with Gasteiger partial charge in [-0.2, -0.15) is 0 Å². The van der Waals surface area contributed by atoms with Crippen LogP contribution in [0.2, 0.25) is 0 Å². The van der Waals surface area contributed by atoms with E-state index in [1.807, 2.05) is 46.8 Å². The molecule has 4 bridgehead atoms. The maximum atomic E-state index is 14.9. The van der Waals surface area contributed by atoms with E-state index in [4.69, 9.17) is 18.9 Å². The molecule has 2 N–H and O–H groups in total. The highest BCUT2D eigenvalue weighted by atomic mass is 16.6. The van der Waals surface area contributed by atoms with Gasteiger partial charge in [0.05, 0.1) is 18.8 Å². The lowest BCUT2D eigenvalue weighted by Crippen LogP contribution is -2.72. The van der Waals surface area contributed by atoms with Crippen LogP contribution < -0.4 is 4.74 Å². The third-order valence-corrected chi connectivity index (χ3v) is 11.9. The Morgan fingerprint density at radius 3 is 2.31 bits per heavy atom. The van der Waals surface area contributed by atoms with Crippen LogP contribution in [0.15, 0.2) is 58.2 Å². The molecule has 10 heteroatoms. The number of nitrogens with zero attached hydrogens (tertiary/aromatic N) is 1. The molecule has 0 aromatic heterocycles. The number of fused-ring (bicyclic) bond motifs is 1. The molecule has 4 unspecified atom stereocenters. The summed E-state index contributed by atoms with van der Waals surface area (Å²) in [6, 6.07) is 0. The highest BCUT2D eigenvalue weighted by Crippen LogP contribution is 2.68. The van der Waals surface area contributed by atoms with E-state index in [1.54, 1.807) is 19.1 Å². The second kappa shape index (κ2) is 15.3. The number of hydrogen-bond acceptors (Lipinski definition) is 10. The van der Waals surface area contributed by atoms with Crippen molar-refractivity contribution in [2.75, 3.05) is 39.5 Å². The normalized spacial score (nSPS) is 27.1. The zero-order valence-corrected chi connectivity index (χ0v) is 33.2. The molecule has 1 spiro atoms. The minimum absolute atomic E-state index is 0.00431. The van der Waals surface area contributed by atoms with Gasteiger partial charge in [0.15, 0.2) is 22.8 Å². The number of phenols is 2. The Bertz CT molecular complexity index is 1870. The van der Waals surface area contributed by atoms with E-state index in [0.29, 0.717) is 37.3 Å². The average Bonchev–Trinajstić information content (AvgIpc) is 3.27. The standard InChI is InChI=1S/C44H57NO9/c1-26(2)10-9-11-28(5)13-15-31-36(46)32(14-12-27(3)4)39-35(37(31)47)38(48)33-24-30-25-34-42(7,8)54-43(40(30)49,44(33,34)53-39)17-16-29(6)41(50)52-23-20-45-18-21-51-22-19-45/h10,12-13,16,24,30,34,46-47H,9,11,14-15,17-23,25H2,1-8H3/b28-13+,29-16+. The number of benzene rings is 1. The van der Waals surface area contributed by atoms with Crippen molar-refractivity contribution in [3.05, 3.63) is 74.9 Å². The zero-order valence-electron chi connectivity index (χ0n) is 33.2. The molecule has 6 aliphatic rings.